The molecule has 0 fully saturated rings. The molecule has 1 aliphatic heterocycles. The summed E-state index contributed by atoms with van der Waals surface area (Å²) in [6, 6.07) is -0.860. The van der Waals surface area contributed by atoms with Gasteiger partial charge in [-0.15, -0.1) is 0 Å². The summed E-state index contributed by atoms with van der Waals surface area (Å²) >= 11 is 0. The second-order valence-corrected chi connectivity index (χ2v) is 3.56. The normalized spacial score (nSPS) is 19.0. The van der Waals surface area contributed by atoms with Gasteiger partial charge in [0.25, 0.3) is 0 Å². The zero-order chi connectivity index (χ0) is 11.7. The van der Waals surface area contributed by atoms with E-state index in [9.17, 15) is 9.59 Å². The Labute approximate surface area is 91.6 Å². The molecule has 0 aliphatic carbocycles. The zero-order valence-corrected chi connectivity index (χ0v) is 8.51. The highest BCUT2D eigenvalue weighted by atomic mass is 16.4. The maximum absolute atomic E-state index is 11.5. The average molecular weight is 221 g/mol. The molecule has 6 nitrogen and oxygen atoms in total. The highest BCUT2D eigenvalue weighted by molar-refractivity contribution is 5.91. The molecule has 2 N–H and O–H groups in total. The number of carboxylic acids is 1. The van der Waals surface area contributed by atoms with Gasteiger partial charge in [-0.05, 0) is 6.08 Å². The molecule has 1 aromatic heterocycles. The van der Waals surface area contributed by atoms with Crippen LogP contribution in [0.1, 0.15) is 11.4 Å². The third kappa shape index (κ3) is 1.58. The molecule has 2 heterocycles. The summed E-state index contributed by atoms with van der Waals surface area (Å²) in [4.78, 5) is 30.8. The van der Waals surface area contributed by atoms with Crippen molar-refractivity contribution in [3.05, 3.63) is 30.4 Å². The molecular formula is C10H11N3O3. The van der Waals surface area contributed by atoms with Gasteiger partial charge in [0.15, 0.2) is 0 Å². The van der Waals surface area contributed by atoms with Crippen LogP contribution < -0.4 is 0 Å². The smallest absolute Gasteiger partial charge is 0.326 e. The number of aliphatic carboxylic acids is 1. The van der Waals surface area contributed by atoms with Gasteiger partial charge in [-0.3, -0.25) is 4.79 Å². The van der Waals surface area contributed by atoms with Crippen LogP contribution in [-0.2, 0) is 22.6 Å². The van der Waals surface area contributed by atoms with E-state index in [1.54, 1.807) is 0 Å². The molecule has 0 bridgehead atoms. The summed E-state index contributed by atoms with van der Waals surface area (Å²) in [5, 5.41) is 9.05. The topological polar surface area (TPSA) is 86.3 Å². The minimum absolute atomic E-state index is 0.230. The van der Waals surface area contributed by atoms with Gasteiger partial charge < -0.3 is 15.0 Å². The van der Waals surface area contributed by atoms with Crippen LogP contribution in [0.15, 0.2) is 19.0 Å². The van der Waals surface area contributed by atoms with Crippen LogP contribution in [0.4, 0.5) is 0 Å². The Hall–Kier alpha value is -2.11. The van der Waals surface area contributed by atoms with Gasteiger partial charge in [0.2, 0.25) is 5.91 Å². The molecular weight excluding hydrogens is 210 g/mol. The third-order valence-electron chi connectivity index (χ3n) is 2.64. The molecule has 0 saturated carbocycles. The predicted octanol–water partition coefficient (Wildman–Crippen LogP) is -0.0664. The first-order valence-corrected chi connectivity index (χ1v) is 4.80. The fraction of sp³-hybridized carbons (Fsp3) is 0.300. The van der Waals surface area contributed by atoms with E-state index in [0.717, 1.165) is 11.8 Å². The number of fused-ring (bicyclic) bond motifs is 1. The number of nitrogens with zero attached hydrogens (tertiary/aromatic N) is 2. The maximum Gasteiger partial charge on any atom is 0.326 e. The van der Waals surface area contributed by atoms with Crippen LogP contribution in [0.5, 0.6) is 0 Å². The Balaban J connectivity index is 2.33. The largest absolute Gasteiger partial charge is 0.480 e. The van der Waals surface area contributed by atoms with Gasteiger partial charge >= 0.3 is 5.97 Å². The van der Waals surface area contributed by atoms with Crippen LogP contribution in [0, 0.1) is 0 Å². The molecule has 2 rings (SSSR count). The van der Waals surface area contributed by atoms with E-state index in [2.05, 4.69) is 16.5 Å². The molecule has 1 atom stereocenters. The number of amides is 1. The van der Waals surface area contributed by atoms with Gasteiger partial charge in [-0.1, -0.05) is 6.58 Å². The molecule has 0 aromatic carbocycles. The van der Waals surface area contributed by atoms with E-state index in [0.29, 0.717) is 5.69 Å². The highest BCUT2D eigenvalue weighted by Gasteiger charge is 2.34. The van der Waals surface area contributed by atoms with Crippen molar-refractivity contribution in [2.75, 3.05) is 0 Å². The fourth-order valence-corrected chi connectivity index (χ4v) is 1.81. The van der Waals surface area contributed by atoms with Crippen LogP contribution in [0.3, 0.4) is 0 Å². The SMILES string of the molecule is C=CC(=O)N1Cc2[nH]cnc2CC1C(=O)O. The quantitative estimate of drug-likeness (QED) is 0.684. The van der Waals surface area contributed by atoms with E-state index in [4.69, 9.17) is 5.11 Å². The van der Waals surface area contributed by atoms with Crippen molar-refractivity contribution in [1.82, 2.24) is 14.9 Å². The number of nitrogens with one attached hydrogen (secondary N) is 1. The summed E-state index contributed by atoms with van der Waals surface area (Å²) in [5.41, 5.74) is 1.49. The summed E-state index contributed by atoms with van der Waals surface area (Å²) in [6.45, 7) is 3.60. The molecule has 0 radical (unpaired) electrons. The Bertz CT molecular complexity index is 452. The van der Waals surface area contributed by atoms with E-state index in [-0.39, 0.29) is 18.9 Å². The summed E-state index contributed by atoms with van der Waals surface area (Å²) in [7, 11) is 0. The third-order valence-corrected chi connectivity index (χ3v) is 2.64. The van der Waals surface area contributed by atoms with Crippen molar-refractivity contribution in [3.63, 3.8) is 0 Å². The standard InChI is InChI=1S/C10H11N3O3/c1-2-9(14)13-4-7-6(11-5-12-7)3-8(13)10(15)16/h2,5,8H,1,3-4H2,(H,11,12)(H,15,16). The van der Waals surface area contributed by atoms with E-state index in [1.165, 1.54) is 11.2 Å². The minimum Gasteiger partial charge on any atom is -0.480 e. The lowest BCUT2D eigenvalue weighted by molar-refractivity contribution is -0.149. The Morgan fingerprint density at radius 2 is 2.44 bits per heavy atom. The summed E-state index contributed by atoms with van der Waals surface area (Å²) < 4.78 is 0. The van der Waals surface area contributed by atoms with Crippen LogP contribution >= 0.6 is 0 Å². The number of carbonyl (C=O) groups excluding carboxylic acids is 1. The number of aromatic amines is 1. The molecule has 84 valence electrons. The number of carboxylic acid groups (broad SMARTS) is 1. The summed E-state index contributed by atoms with van der Waals surface area (Å²) in [6.07, 6.45) is 2.86. The Morgan fingerprint density at radius 1 is 1.69 bits per heavy atom. The van der Waals surface area contributed by atoms with Crippen LogP contribution in [-0.4, -0.2) is 37.9 Å². The molecule has 0 saturated heterocycles. The Kier molecular flexibility index (Phi) is 2.47. The lowest BCUT2D eigenvalue weighted by Gasteiger charge is -2.31. The van der Waals surface area contributed by atoms with Crippen molar-refractivity contribution in [1.29, 1.82) is 0 Å². The van der Waals surface area contributed by atoms with Gasteiger partial charge in [-0.2, -0.15) is 0 Å². The van der Waals surface area contributed by atoms with Gasteiger partial charge in [0, 0.05) is 6.42 Å². The van der Waals surface area contributed by atoms with E-state index in [1.807, 2.05) is 0 Å². The van der Waals surface area contributed by atoms with Gasteiger partial charge in [-0.25, -0.2) is 9.78 Å². The average Bonchev–Trinajstić information content (AvgIpc) is 2.73. The number of imidazole rings is 1. The minimum atomic E-state index is -1.02. The predicted molar refractivity (Wildman–Crippen MR) is 54.5 cm³/mol. The molecule has 1 amide bonds. The van der Waals surface area contributed by atoms with Crippen LogP contribution in [0.25, 0.3) is 0 Å². The lowest BCUT2D eigenvalue weighted by Crippen LogP contribution is -2.48. The van der Waals surface area contributed by atoms with Crippen LogP contribution in [0.2, 0.25) is 0 Å². The number of carbonyl (C=O) groups is 2. The Morgan fingerprint density at radius 3 is 3.06 bits per heavy atom. The first kappa shape index (κ1) is 10.4. The molecule has 1 unspecified atom stereocenters. The van der Waals surface area contributed by atoms with E-state index >= 15 is 0 Å². The number of hydrogen-bond donors (Lipinski definition) is 2. The van der Waals surface area contributed by atoms with Gasteiger partial charge in [0.1, 0.15) is 6.04 Å². The highest BCUT2D eigenvalue weighted by Crippen LogP contribution is 2.20. The van der Waals surface area contributed by atoms with Crippen molar-refractivity contribution in [2.45, 2.75) is 19.0 Å². The van der Waals surface area contributed by atoms with Gasteiger partial charge in [0.05, 0.1) is 24.3 Å². The number of hydrogen-bond acceptors (Lipinski definition) is 3. The second-order valence-electron chi connectivity index (χ2n) is 3.56. The van der Waals surface area contributed by atoms with Crippen molar-refractivity contribution < 1.29 is 14.7 Å². The molecule has 16 heavy (non-hydrogen) atoms. The maximum atomic E-state index is 11.5. The second kappa shape index (κ2) is 3.80. The molecule has 0 spiro atoms. The number of aromatic nitrogens is 2. The zero-order valence-electron chi connectivity index (χ0n) is 8.51. The van der Waals surface area contributed by atoms with Crippen molar-refractivity contribution >= 4 is 11.9 Å². The first-order valence-electron chi connectivity index (χ1n) is 4.80. The molecule has 6 heteroatoms. The molecule has 1 aliphatic rings. The number of rotatable bonds is 2. The summed E-state index contributed by atoms with van der Waals surface area (Å²) in [5.74, 6) is -1.41. The lowest BCUT2D eigenvalue weighted by atomic mass is 10.0. The van der Waals surface area contributed by atoms with Crippen molar-refractivity contribution in [3.8, 4) is 0 Å². The van der Waals surface area contributed by atoms with Crippen molar-refractivity contribution in [2.24, 2.45) is 0 Å². The van der Waals surface area contributed by atoms with E-state index < -0.39 is 12.0 Å². The number of H-pyrrole nitrogens is 1. The molecule has 1 aromatic rings. The first-order chi connectivity index (χ1) is 7.63. The monoisotopic (exact) mass is 221 g/mol. The fourth-order valence-electron chi connectivity index (χ4n) is 1.81.